The van der Waals surface area contributed by atoms with Gasteiger partial charge in [0.1, 0.15) is 6.42 Å². The van der Waals surface area contributed by atoms with Crippen LogP contribution in [0.3, 0.4) is 0 Å². The predicted molar refractivity (Wildman–Crippen MR) is 80.2 cm³/mol. The SMILES string of the molecule is CCOC(=O)Cc1cccc[n+]1Cc1ccc(Br)cc1. The second kappa shape index (κ2) is 7.20. The van der Waals surface area contributed by atoms with Crippen molar-refractivity contribution in [1.29, 1.82) is 0 Å². The minimum Gasteiger partial charge on any atom is -0.466 e. The summed E-state index contributed by atoms with van der Waals surface area (Å²) in [5, 5.41) is 0. The largest absolute Gasteiger partial charge is 0.466 e. The summed E-state index contributed by atoms with van der Waals surface area (Å²) in [5.41, 5.74) is 2.14. The van der Waals surface area contributed by atoms with Crippen LogP contribution in [0.4, 0.5) is 0 Å². The number of hydrogen-bond acceptors (Lipinski definition) is 2. The molecule has 104 valence electrons. The maximum atomic E-state index is 11.6. The summed E-state index contributed by atoms with van der Waals surface area (Å²) in [5.74, 6) is -0.191. The minimum atomic E-state index is -0.191. The summed E-state index contributed by atoms with van der Waals surface area (Å²) in [4.78, 5) is 11.6. The van der Waals surface area contributed by atoms with Gasteiger partial charge in [0.15, 0.2) is 18.4 Å². The van der Waals surface area contributed by atoms with Crippen LogP contribution in [0.25, 0.3) is 0 Å². The molecule has 0 saturated heterocycles. The normalized spacial score (nSPS) is 10.3. The summed E-state index contributed by atoms with van der Waals surface area (Å²) in [6, 6.07) is 14.0. The molecule has 20 heavy (non-hydrogen) atoms. The Labute approximate surface area is 127 Å². The average molecular weight is 335 g/mol. The van der Waals surface area contributed by atoms with E-state index in [2.05, 4.69) is 32.6 Å². The number of carbonyl (C=O) groups is 1. The van der Waals surface area contributed by atoms with Crippen LogP contribution in [0.15, 0.2) is 53.1 Å². The van der Waals surface area contributed by atoms with E-state index >= 15 is 0 Å². The number of carbonyl (C=O) groups excluding carboxylic acids is 1. The molecule has 0 N–H and O–H groups in total. The first-order chi connectivity index (χ1) is 9.69. The van der Waals surface area contributed by atoms with Crippen molar-refractivity contribution in [2.24, 2.45) is 0 Å². The topological polar surface area (TPSA) is 30.2 Å². The van der Waals surface area contributed by atoms with E-state index in [9.17, 15) is 4.79 Å². The lowest BCUT2D eigenvalue weighted by molar-refractivity contribution is -0.695. The van der Waals surface area contributed by atoms with Crippen molar-refractivity contribution < 1.29 is 14.1 Å². The molecular formula is C16H17BrNO2+. The molecule has 2 aromatic rings. The molecule has 0 atom stereocenters. The molecule has 1 aromatic carbocycles. The van der Waals surface area contributed by atoms with Crippen LogP contribution >= 0.6 is 15.9 Å². The summed E-state index contributed by atoms with van der Waals surface area (Å²) in [6.07, 6.45) is 2.28. The lowest BCUT2D eigenvalue weighted by atomic mass is 10.2. The van der Waals surface area contributed by atoms with Gasteiger partial charge in [-0.2, -0.15) is 4.57 Å². The van der Waals surface area contributed by atoms with E-state index < -0.39 is 0 Å². The van der Waals surface area contributed by atoms with Gasteiger partial charge in [-0.25, -0.2) is 0 Å². The van der Waals surface area contributed by atoms with E-state index in [4.69, 9.17) is 4.74 Å². The number of halogens is 1. The number of nitrogens with zero attached hydrogens (tertiary/aromatic N) is 1. The molecule has 1 aromatic heterocycles. The van der Waals surface area contributed by atoms with E-state index in [1.807, 2.05) is 43.5 Å². The van der Waals surface area contributed by atoms with Crippen molar-refractivity contribution >= 4 is 21.9 Å². The lowest BCUT2D eigenvalue weighted by Crippen LogP contribution is -2.39. The van der Waals surface area contributed by atoms with Gasteiger partial charge in [-0.05, 0) is 19.1 Å². The molecule has 1 heterocycles. The lowest BCUT2D eigenvalue weighted by Gasteiger charge is -2.04. The van der Waals surface area contributed by atoms with E-state index in [-0.39, 0.29) is 5.97 Å². The zero-order valence-electron chi connectivity index (χ0n) is 11.4. The number of rotatable bonds is 5. The first kappa shape index (κ1) is 14.7. The van der Waals surface area contributed by atoms with Gasteiger partial charge in [-0.1, -0.05) is 34.1 Å². The number of esters is 1. The molecule has 0 saturated carbocycles. The van der Waals surface area contributed by atoms with Crippen LogP contribution in [0, 0.1) is 0 Å². The zero-order chi connectivity index (χ0) is 14.4. The highest BCUT2D eigenvalue weighted by molar-refractivity contribution is 9.10. The third kappa shape index (κ3) is 4.17. The van der Waals surface area contributed by atoms with Crippen molar-refractivity contribution in [1.82, 2.24) is 0 Å². The molecule has 0 bridgehead atoms. The van der Waals surface area contributed by atoms with Gasteiger partial charge in [0.2, 0.25) is 0 Å². The highest BCUT2D eigenvalue weighted by Crippen LogP contribution is 2.10. The van der Waals surface area contributed by atoms with Crippen LogP contribution in [-0.4, -0.2) is 12.6 Å². The Bertz CT molecular complexity index is 581. The number of pyridine rings is 1. The second-order valence-electron chi connectivity index (χ2n) is 4.43. The number of ether oxygens (including phenoxy) is 1. The first-order valence-electron chi connectivity index (χ1n) is 6.56. The smallest absolute Gasteiger partial charge is 0.316 e. The van der Waals surface area contributed by atoms with E-state index in [1.165, 1.54) is 5.56 Å². The van der Waals surface area contributed by atoms with Crippen LogP contribution in [-0.2, 0) is 22.5 Å². The third-order valence-electron chi connectivity index (χ3n) is 2.93. The molecule has 2 rings (SSSR count). The van der Waals surface area contributed by atoms with Crippen LogP contribution < -0.4 is 4.57 Å². The highest BCUT2D eigenvalue weighted by Gasteiger charge is 2.15. The van der Waals surface area contributed by atoms with Gasteiger partial charge >= 0.3 is 5.97 Å². The van der Waals surface area contributed by atoms with Crippen LogP contribution in [0.5, 0.6) is 0 Å². The average Bonchev–Trinajstić information content (AvgIpc) is 2.44. The molecular weight excluding hydrogens is 318 g/mol. The second-order valence-corrected chi connectivity index (χ2v) is 5.34. The predicted octanol–water partition coefficient (Wildman–Crippen LogP) is 2.89. The van der Waals surface area contributed by atoms with Gasteiger partial charge in [-0.3, -0.25) is 4.79 Å². The molecule has 0 aliphatic carbocycles. The molecule has 0 unspecified atom stereocenters. The fourth-order valence-corrected chi connectivity index (χ4v) is 2.24. The third-order valence-corrected chi connectivity index (χ3v) is 3.46. The number of benzene rings is 1. The zero-order valence-corrected chi connectivity index (χ0v) is 13.0. The van der Waals surface area contributed by atoms with Crippen LogP contribution in [0.2, 0.25) is 0 Å². The molecule has 0 spiro atoms. The monoisotopic (exact) mass is 334 g/mol. The Morgan fingerprint density at radius 2 is 1.95 bits per heavy atom. The van der Waals surface area contributed by atoms with Gasteiger partial charge < -0.3 is 4.74 Å². The Morgan fingerprint density at radius 3 is 2.65 bits per heavy atom. The van der Waals surface area contributed by atoms with Gasteiger partial charge in [-0.15, -0.1) is 0 Å². The van der Waals surface area contributed by atoms with Crippen LogP contribution in [0.1, 0.15) is 18.2 Å². The molecule has 0 fully saturated rings. The van der Waals surface area contributed by atoms with E-state index in [0.717, 1.165) is 16.7 Å². The van der Waals surface area contributed by atoms with E-state index in [1.54, 1.807) is 0 Å². The summed E-state index contributed by atoms with van der Waals surface area (Å²) < 4.78 is 8.14. The molecule has 4 heteroatoms. The quantitative estimate of drug-likeness (QED) is 0.621. The summed E-state index contributed by atoms with van der Waals surface area (Å²) >= 11 is 3.43. The summed E-state index contributed by atoms with van der Waals surface area (Å²) in [7, 11) is 0. The fraction of sp³-hybridized carbons (Fsp3) is 0.250. The first-order valence-corrected chi connectivity index (χ1v) is 7.35. The molecule has 0 amide bonds. The molecule has 0 aliphatic rings. The molecule has 3 nitrogen and oxygen atoms in total. The van der Waals surface area contributed by atoms with Gasteiger partial charge in [0.05, 0.1) is 6.61 Å². The molecule has 0 radical (unpaired) electrons. The number of hydrogen-bond donors (Lipinski definition) is 0. The van der Waals surface area contributed by atoms with Gasteiger partial charge in [0, 0.05) is 22.2 Å². The Morgan fingerprint density at radius 1 is 1.20 bits per heavy atom. The Balaban J connectivity index is 2.15. The highest BCUT2D eigenvalue weighted by atomic mass is 79.9. The maximum Gasteiger partial charge on any atom is 0.316 e. The maximum absolute atomic E-state index is 11.6. The molecule has 0 aliphatic heterocycles. The van der Waals surface area contributed by atoms with Crippen molar-refractivity contribution in [3.8, 4) is 0 Å². The van der Waals surface area contributed by atoms with Crippen molar-refractivity contribution in [2.45, 2.75) is 19.9 Å². The van der Waals surface area contributed by atoms with Crippen molar-refractivity contribution in [3.05, 3.63) is 64.4 Å². The summed E-state index contributed by atoms with van der Waals surface area (Å²) in [6.45, 7) is 2.97. The van der Waals surface area contributed by atoms with Gasteiger partial charge in [0.25, 0.3) is 0 Å². The van der Waals surface area contributed by atoms with Crippen molar-refractivity contribution in [3.63, 3.8) is 0 Å². The number of aromatic nitrogens is 1. The Kier molecular flexibility index (Phi) is 5.30. The minimum absolute atomic E-state index is 0.191. The van der Waals surface area contributed by atoms with Crippen molar-refractivity contribution in [2.75, 3.05) is 6.61 Å². The van der Waals surface area contributed by atoms with E-state index in [0.29, 0.717) is 13.0 Å². The standard InChI is InChI=1S/C16H17BrNO2/c1-2-20-16(19)11-15-5-3-4-10-18(15)12-13-6-8-14(17)9-7-13/h3-10H,2,11-12H2,1H3/q+1. The fourth-order valence-electron chi connectivity index (χ4n) is 1.97. The Hall–Kier alpha value is -1.68.